The molecule has 0 unspecified atom stereocenters. The lowest BCUT2D eigenvalue weighted by Gasteiger charge is -2.11. The molecule has 0 fully saturated rings. The molecule has 262 valence electrons. The van der Waals surface area contributed by atoms with Crippen molar-refractivity contribution in [2.45, 2.75) is 0 Å². The molecular weight excluding hydrogens is 685 g/mol. The van der Waals surface area contributed by atoms with Gasteiger partial charge >= 0.3 is 0 Å². The number of pyridine rings is 1. The second-order valence-electron chi connectivity index (χ2n) is 13.9. The van der Waals surface area contributed by atoms with Crippen molar-refractivity contribution in [2.75, 3.05) is 0 Å². The van der Waals surface area contributed by atoms with E-state index in [9.17, 15) is 0 Å². The highest BCUT2D eigenvalue weighted by atomic mass is 15.1. The van der Waals surface area contributed by atoms with E-state index in [2.05, 4.69) is 130 Å². The molecule has 0 atom stereocenters. The van der Waals surface area contributed by atoms with Crippen molar-refractivity contribution in [3.8, 4) is 56.7 Å². The van der Waals surface area contributed by atoms with E-state index in [0.29, 0.717) is 17.5 Å². The second-order valence-corrected chi connectivity index (χ2v) is 13.9. The van der Waals surface area contributed by atoms with Gasteiger partial charge in [-0.3, -0.25) is 4.57 Å². The molecule has 0 saturated carbocycles. The first kappa shape index (κ1) is 31.8. The van der Waals surface area contributed by atoms with Gasteiger partial charge < -0.3 is 4.57 Å². The molecule has 0 spiro atoms. The van der Waals surface area contributed by atoms with Crippen LogP contribution < -0.4 is 0 Å². The van der Waals surface area contributed by atoms with Crippen molar-refractivity contribution in [1.82, 2.24) is 29.1 Å². The molecule has 56 heavy (non-hydrogen) atoms. The molecule has 0 saturated heterocycles. The van der Waals surface area contributed by atoms with Gasteiger partial charge in [0.2, 0.25) is 0 Å². The van der Waals surface area contributed by atoms with Gasteiger partial charge in [0.05, 0.1) is 16.6 Å². The number of hydrogen-bond acceptors (Lipinski definition) is 4. The van der Waals surface area contributed by atoms with E-state index in [1.54, 1.807) is 0 Å². The molecule has 6 heteroatoms. The Morgan fingerprint density at radius 1 is 0.339 bits per heavy atom. The van der Waals surface area contributed by atoms with E-state index in [1.165, 1.54) is 27.4 Å². The van der Waals surface area contributed by atoms with Crippen LogP contribution in [-0.4, -0.2) is 29.1 Å². The average molecular weight is 717 g/mol. The van der Waals surface area contributed by atoms with Crippen LogP contribution in [0.2, 0.25) is 0 Å². The lowest BCUT2D eigenvalue weighted by Crippen LogP contribution is -2.01. The molecule has 0 aliphatic heterocycles. The van der Waals surface area contributed by atoms with Crippen molar-refractivity contribution in [1.29, 1.82) is 0 Å². The molecule has 4 heterocycles. The van der Waals surface area contributed by atoms with Gasteiger partial charge in [0, 0.05) is 55.8 Å². The minimum Gasteiger partial charge on any atom is -0.309 e. The molecule has 11 aromatic rings. The van der Waals surface area contributed by atoms with Crippen LogP contribution in [0.4, 0.5) is 0 Å². The normalized spacial score (nSPS) is 11.6. The zero-order chi connectivity index (χ0) is 37.0. The van der Waals surface area contributed by atoms with E-state index in [4.69, 9.17) is 19.9 Å². The van der Waals surface area contributed by atoms with Crippen molar-refractivity contribution in [3.05, 3.63) is 194 Å². The molecule has 0 bridgehead atoms. The first-order chi connectivity index (χ1) is 27.8. The van der Waals surface area contributed by atoms with Crippen LogP contribution in [0.25, 0.3) is 100 Å². The Hall–Kier alpha value is -7.70. The van der Waals surface area contributed by atoms with Crippen molar-refractivity contribution in [2.24, 2.45) is 0 Å². The summed E-state index contributed by atoms with van der Waals surface area (Å²) in [6.07, 6.45) is 1.87. The Kier molecular flexibility index (Phi) is 7.38. The monoisotopic (exact) mass is 716 g/mol. The average Bonchev–Trinajstić information content (AvgIpc) is 3.80. The Labute approximate surface area is 322 Å². The highest BCUT2D eigenvalue weighted by Crippen LogP contribution is 2.41. The van der Waals surface area contributed by atoms with Crippen LogP contribution in [0.15, 0.2) is 194 Å². The number of nitrogens with zero attached hydrogens (tertiary/aromatic N) is 6. The fourth-order valence-corrected chi connectivity index (χ4v) is 8.11. The SMILES string of the molecule is c1ccc(-c2nc(-c3ccccc3)nc(-c3cccc(-n4c5ccc(-c6cccc7c6c6ccccc6n7-c6ccccc6)cc5c5cccnc54)c3)n2)cc1. The zero-order valence-corrected chi connectivity index (χ0v) is 30.2. The van der Waals surface area contributed by atoms with E-state index in [0.717, 1.165) is 55.6 Å². The van der Waals surface area contributed by atoms with Gasteiger partial charge in [0.15, 0.2) is 17.5 Å². The van der Waals surface area contributed by atoms with Crippen molar-refractivity contribution >= 4 is 43.7 Å². The van der Waals surface area contributed by atoms with Crippen molar-refractivity contribution in [3.63, 3.8) is 0 Å². The largest absolute Gasteiger partial charge is 0.309 e. The minimum absolute atomic E-state index is 0.610. The molecule has 0 N–H and O–H groups in total. The first-order valence-corrected chi connectivity index (χ1v) is 18.7. The van der Waals surface area contributed by atoms with Crippen LogP contribution in [0.5, 0.6) is 0 Å². The summed E-state index contributed by atoms with van der Waals surface area (Å²) in [5.74, 6) is 1.87. The van der Waals surface area contributed by atoms with E-state index in [1.807, 2.05) is 72.9 Å². The molecule has 11 rings (SSSR count). The highest BCUT2D eigenvalue weighted by Gasteiger charge is 2.19. The fourth-order valence-electron chi connectivity index (χ4n) is 8.11. The Bertz CT molecular complexity index is 3180. The Morgan fingerprint density at radius 3 is 1.66 bits per heavy atom. The number of para-hydroxylation sites is 2. The van der Waals surface area contributed by atoms with Gasteiger partial charge in [-0.25, -0.2) is 19.9 Å². The summed E-state index contributed by atoms with van der Waals surface area (Å²) in [5, 5.41) is 4.69. The van der Waals surface area contributed by atoms with Crippen LogP contribution in [0, 0.1) is 0 Å². The van der Waals surface area contributed by atoms with E-state index in [-0.39, 0.29) is 0 Å². The smallest absolute Gasteiger partial charge is 0.164 e. The summed E-state index contributed by atoms with van der Waals surface area (Å²) in [4.78, 5) is 19.9. The summed E-state index contributed by atoms with van der Waals surface area (Å²) < 4.78 is 4.62. The number of benzene rings is 7. The number of hydrogen-bond donors (Lipinski definition) is 0. The molecule has 0 amide bonds. The summed E-state index contributed by atoms with van der Waals surface area (Å²) >= 11 is 0. The third-order valence-corrected chi connectivity index (χ3v) is 10.6. The zero-order valence-electron chi connectivity index (χ0n) is 30.2. The lowest BCUT2D eigenvalue weighted by molar-refractivity contribution is 1.07. The predicted molar refractivity (Wildman–Crippen MR) is 228 cm³/mol. The fraction of sp³-hybridized carbons (Fsp3) is 0. The number of rotatable bonds is 6. The van der Waals surface area contributed by atoms with Crippen LogP contribution in [-0.2, 0) is 0 Å². The molecule has 6 nitrogen and oxygen atoms in total. The maximum absolute atomic E-state index is 5.01. The third kappa shape index (κ3) is 5.19. The van der Waals surface area contributed by atoms with E-state index < -0.39 is 0 Å². The topological polar surface area (TPSA) is 61.4 Å². The van der Waals surface area contributed by atoms with Crippen LogP contribution in [0.3, 0.4) is 0 Å². The molecule has 0 aliphatic rings. The predicted octanol–water partition coefficient (Wildman–Crippen LogP) is 12.1. The highest BCUT2D eigenvalue weighted by molar-refractivity contribution is 6.17. The van der Waals surface area contributed by atoms with Gasteiger partial charge in [0.25, 0.3) is 0 Å². The quantitative estimate of drug-likeness (QED) is 0.172. The number of fused-ring (bicyclic) bond motifs is 6. The standard InChI is InChI=1S/C50H32N6/c1-4-15-33(16-5-1)47-52-48(34-17-6-2-7-18-34)54-49(53-47)36-19-12-22-38(31-36)56-44-29-28-35(32-42(44)40-25-14-30-51-50(40)56)39-24-13-27-45-46(39)41-23-10-11-26-43(41)55(45)37-20-8-3-9-21-37/h1-32H. The van der Waals surface area contributed by atoms with Crippen molar-refractivity contribution < 1.29 is 0 Å². The third-order valence-electron chi connectivity index (χ3n) is 10.6. The molecule has 0 radical (unpaired) electrons. The van der Waals surface area contributed by atoms with Gasteiger partial charge in [0.1, 0.15) is 5.65 Å². The Balaban J connectivity index is 1.08. The van der Waals surface area contributed by atoms with Crippen LogP contribution in [0.1, 0.15) is 0 Å². The van der Waals surface area contributed by atoms with Crippen LogP contribution >= 0.6 is 0 Å². The maximum atomic E-state index is 5.01. The summed E-state index contributed by atoms with van der Waals surface area (Å²) in [6.45, 7) is 0. The van der Waals surface area contributed by atoms with Gasteiger partial charge in [-0.05, 0) is 71.8 Å². The summed E-state index contributed by atoms with van der Waals surface area (Å²) in [6, 6.07) is 65.5. The molecule has 4 aromatic heterocycles. The second kappa shape index (κ2) is 13.0. The van der Waals surface area contributed by atoms with Gasteiger partial charge in [-0.15, -0.1) is 0 Å². The molecule has 0 aliphatic carbocycles. The minimum atomic E-state index is 0.610. The maximum Gasteiger partial charge on any atom is 0.164 e. The molecular formula is C50H32N6. The van der Waals surface area contributed by atoms with Gasteiger partial charge in [-0.1, -0.05) is 127 Å². The van der Waals surface area contributed by atoms with Gasteiger partial charge in [-0.2, -0.15) is 0 Å². The number of aromatic nitrogens is 6. The molecule has 7 aromatic carbocycles. The Morgan fingerprint density at radius 2 is 0.911 bits per heavy atom. The first-order valence-electron chi connectivity index (χ1n) is 18.7. The lowest BCUT2D eigenvalue weighted by atomic mass is 9.98. The van der Waals surface area contributed by atoms with E-state index >= 15 is 0 Å². The summed E-state index contributed by atoms with van der Waals surface area (Å²) in [7, 11) is 0. The summed E-state index contributed by atoms with van der Waals surface area (Å²) in [5.41, 5.74) is 11.6.